The third kappa shape index (κ3) is 3.38. The number of hydrogen-bond donors (Lipinski definition) is 1. The Bertz CT molecular complexity index is 442. The minimum Gasteiger partial charge on any atom is -0.370 e. The summed E-state index contributed by atoms with van der Waals surface area (Å²) in [4.78, 5) is 6.48. The van der Waals surface area contributed by atoms with Crippen LogP contribution in [0, 0.1) is 12.7 Å². The van der Waals surface area contributed by atoms with Gasteiger partial charge in [0, 0.05) is 24.6 Å². The summed E-state index contributed by atoms with van der Waals surface area (Å²) in [5, 5.41) is 0. The maximum absolute atomic E-state index is 13.1. The van der Waals surface area contributed by atoms with Gasteiger partial charge >= 0.3 is 0 Å². The van der Waals surface area contributed by atoms with E-state index in [-0.39, 0.29) is 5.82 Å². The van der Waals surface area contributed by atoms with Crippen LogP contribution in [0.1, 0.15) is 11.1 Å². The molecule has 1 aliphatic rings. The molecular weight excluding hydrogens is 249 g/mol. The lowest BCUT2D eigenvalue weighted by Gasteiger charge is -2.27. The number of benzene rings is 1. The van der Waals surface area contributed by atoms with Crippen molar-refractivity contribution in [3.63, 3.8) is 0 Å². The van der Waals surface area contributed by atoms with E-state index in [0.717, 1.165) is 30.2 Å². The quantitative estimate of drug-likeness (QED) is 0.658. The van der Waals surface area contributed by atoms with Crippen LogP contribution in [0.3, 0.4) is 0 Å². The van der Waals surface area contributed by atoms with Gasteiger partial charge in [-0.1, -0.05) is 12.1 Å². The van der Waals surface area contributed by atoms with Crippen molar-refractivity contribution in [2.75, 3.05) is 24.6 Å². The van der Waals surface area contributed by atoms with Gasteiger partial charge in [0.05, 0.1) is 6.54 Å². The van der Waals surface area contributed by atoms with Gasteiger partial charge in [-0.3, -0.25) is 0 Å². The van der Waals surface area contributed by atoms with Gasteiger partial charge in [-0.2, -0.15) is 11.8 Å². The molecule has 98 valence electrons. The van der Waals surface area contributed by atoms with E-state index in [0.29, 0.717) is 18.1 Å². The fourth-order valence-corrected chi connectivity index (χ4v) is 2.77. The lowest BCUT2D eigenvalue weighted by molar-refractivity contribution is 0.455. The van der Waals surface area contributed by atoms with Crippen molar-refractivity contribution in [2.24, 2.45) is 10.7 Å². The average Bonchev–Trinajstić information content (AvgIpc) is 2.41. The minimum absolute atomic E-state index is 0.177. The number of hydrogen-bond acceptors (Lipinski definition) is 2. The lowest BCUT2D eigenvalue weighted by atomic mass is 10.1. The van der Waals surface area contributed by atoms with Gasteiger partial charge in [0.2, 0.25) is 0 Å². The van der Waals surface area contributed by atoms with Gasteiger partial charge in [-0.25, -0.2) is 9.38 Å². The van der Waals surface area contributed by atoms with Crippen molar-refractivity contribution in [1.29, 1.82) is 0 Å². The molecule has 1 fully saturated rings. The molecule has 1 aromatic carbocycles. The van der Waals surface area contributed by atoms with E-state index in [1.54, 1.807) is 13.0 Å². The van der Waals surface area contributed by atoms with E-state index in [1.165, 1.54) is 6.07 Å². The molecule has 0 spiro atoms. The van der Waals surface area contributed by atoms with Crippen LogP contribution in [0.5, 0.6) is 0 Å². The summed E-state index contributed by atoms with van der Waals surface area (Å²) < 4.78 is 13.1. The van der Waals surface area contributed by atoms with Crippen LogP contribution >= 0.6 is 11.8 Å². The first-order valence-electron chi connectivity index (χ1n) is 6.04. The van der Waals surface area contributed by atoms with Gasteiger partial charge in [0.15, 0.2) is 5.96 Å². The van der Waals surface area contributed by atoms with Crippen LogP contribution in [0.25, 0.3) is 0 Å². The van der Waals surface area contributed by atoms with Gasteiger partial charge in [-0.05, 0) is 24.1 Å². The van der Waals surface area contributed by atoms with E-state index in [1.807, 2.05) is 17.8 Å². The monoisotopic (exact) mass is 267 g/mol. The molecule has 0 atom stereocenters. The summed E-state index contributed by atoms with van der Waals surface area (Å²) in [6.45, 7) is 4.19. The highest BCUT2D eigenvalue weighted by atomic mass is 32.2. The maximum atomic E-state index is 13.1. The summed E-state index contributed by atoms with van der Waals surface area (Å²) in [6, 6.07) is 5.05. The van der Waals surface area contributed by atoms with Crippen molar-refractivity contribution >= 4 is 17.7 Å². The molecule has 18 heavy (non-hydrogen) atoms. The van der Waals surface area contributed by atoms with Crippen LogP contribution in [0.2, 0.25) is 0 Å². The Morgan fingerprint density at radius 2 is 2.17 bits per heavy atom. The van der Waals surface area contributed by atoms with Gasteiger partial charge < -0.3 is 10.6 Å². The van der Waals surface area contributed by atoms with E-state index in [2.05, 4.69) is 9.89 Å². The molecule has 1 aromatic rings. The zero-order valence-corrected chi connectivity index (χ0v) is 11.3. The summed E-state index contributed by atoms with van der Waals surface area (Å²) in [6.07, 6.45) is 0. The Hall–Kier alpha value is -1.23. The van der Waals surface area contributed by atoms with Crippen molar-refractivity contribution < 1.29 is 4.39 Å². The molecule has 0 aromatic heterocycles. The molecule has 0 radical (unpaired) electrons. The fourth-order valence-electron chi connectivity index (χ4n) is 1.87. The molecule has 5 heteroatoms. The molecule has 0 bridgehead atoms. The van der Waals surface area contributed by atoms with Crippen LogP contribution in [0.15, 0.2) is 23.2 Å². The second kappa shape index (κ2) is 6.09. The van der Waals surface area contributed by atoms with Crippen molar-refractivity contribution in [2.45, 2.75) is 13.5 Å². The minimum atomic E-state index is -0.177. The molecule has 1 heterocycles. The fraction of sp³-hybridized carbons (Fsp3) is 0.462. The molecule has 1 aliphatic heterocycles. The van der Waals surface area contributed by atoms with E-state index in [4.69, 9.17) is 5.73 Å². The first-order chi connectivity index (χ1) is 8.66. The Kier molecular flexibility index (Phi) is 4.47. The molecule has 1 saturated heterocycles. The first-order valence-corrected chi connectivity index (χ1v) is 7.20. The summed E-state index contributed by atoms with van der Waals surface area (Å²) in [5.74, 6) is 2.62. The Morgan fingerprint density at radius 3 is 2.83 bits per heavy atom. The third-order valence-electron chi connectivity index (χ3n) is 2.98. The van der Waals surface area contributed by atoms with Crippen molar-refractivity contribution in [1.82, 2.24) is 4.90 Å². The van der Waals surface area contributed by atoms with Crippen LogP contribution in [-0.4, -0.2) is 35.5 Å². The normalized spacial score (nSPS) is 17.0. The second-order valence-corrected chi connectivity index (χ2v) is 5.58. The molecule has 3 nitrogen and oxygen atoms in total. The number of rotatable bonds is 2. The highest BCUT2D eigenvalue weighted by Gasteiger charge is 2.11. The third-order valence-corrected chi connectivity index (χ3v) is 3.92. The van der Waals surface area contributed by atoms with Crippen molar-refractivity contribution in [3.05, 3.63) is 35.1 Å². The molecular formula is C13H18FN3S. The number of halogens is 1. The highest BCUT2D eigenvalue weighted by molar-refractivity contribution is 7.99. The predicted molar refractivity (Wildman–Crippen MR) is 75.4 cm³/mol. The summed E-state index contributed by atoms with van der Waals surface area (Å²) >= 11 is 1.94. The molecule has 0 unspecified atom stereocenters. The Morgan fingerprint density at radius 1 is 1.44 bits per heavy atom. The maximum Gasteiger partial charge on any atom is 0.191 e. The smallest absolute Gasteiger partial charge is 0.191 e. The lowest BCUT2D eigenvalue weighted by Crippen LogP contribution is -2.42. The summed E-state index contributed by atoms with van der Waals surface area (Å²) in [7, 11) is 0. The van der Waals surface area contributed by atoms with Crippen LogP contribution in [0.4, 0.5) is 4.39 Å². The number of aliphatic imine (C=N–C) groups is 1. The Labute approximate surface area is 111 Å². The molecule has 0 saturated carbocycles. The predicted octanol–water partition coefficient (Wildman–Crippen LogP) is 2.00. The zero-order valence-electron chi connectivity index (χ0n) is 10.5. The average molecular weight is 267 g/mol. The van der Waals surface area contributed by atoms with E-state index in [9.17, 15) is 4.39 Å². The molecule has 0 aliphatic carbocycles. The van der Waals surface area contributed by atoms with Gasteiger partial charge in [0.1, 0.15) is 5.82 Å². The number of guanidine groups is 1. The van der Waals surface area contributed by atoms with Crippen molar-refractivity contribution in [3.8, 4) is 0 Å². The van der Waals surface area contributed by atoms with Gasteiger partial charge in [0.25, 0.3) is 0 Å². The number of thioether (sulfide) groups is 1. The number of nitrogens with two attached hydrogens (primary N) is 1. The standard InChI is InChI=1S/C13H18FN3S/c1-10-8-11(2-3-12(10)14)9-16-13(15)17-4-6-18-7-5-17/h2-3,8H,4-7,9H2,1H3,(H2,15,16). The summed E-state index contributed by atoms with van der Waals surface area (Å²) in [5.41, 5.74) is 7.59. The second-order valence-electron chi connectivity index (χ2n) is 4.36. The largest absolute Gasteiger partial charge is 0.370 e. The first kappa shape index (κ1) is 13.2. The van der Waals surface area contributed by atoms with Crippen LogP contribution < -0.4 is 5.73 Å². The Balaban J connectivity index is 1.98. The number of aryl methyl sites for hydroxylation is 1. The number of nitrogens with zero attached hydrogens (tertiary/aromatic N) is 2. The SMILES string of the molecule is Cc1cc(CN=C(N)N2CCSCC2)ccc1F. The van der Waals surface area contributed by atoms with Crippen LogP contribution in [-0.2, 0) is 6.54 Å². The molecule has 0 amide bonds. The topological polar surface area (TPSA) is 41.6 Å². The van der Waals surface area contributed by atoms with E-state index < -0.39 is 0 Å². The van der Waals surface area contributed by atoms with Gasteiger partial charge in [-0.15, -0.1) is 0 Å². The zero-order chi connectivity index (χ0) is 13.0. The molecule has 2 rings (SSSR count). The highest BCUT2D eigenvalue weighted by Crippen LogP contribution is 2.11. The molecule has 2 N–H and O–H groups in total. The van der Waals surface area contributed by atoms with E-state index >= 15 is 0 Å².